The van der Waals surface area contributed by atoms with Crippen molar-refractivity contribution in [2.75, 3.05) is 10.6 Å². The van der Waals surface area contributed by atoms with Crippen molar-refractivity contribution in [3.8, 4) is 11.5 Å². The Hall–Kier alpha value is -4.02. The van der Waals surface area contributed by atoms with E-state index in [1.165, 1.54) is 22.8 Å². The van der Waals surface area contributed by atoms with Crippen LogP contribution in [0.1, 0.15) is 26.5 Å². The smallest absolute Gasteiger partial charge is 0.338 e. The Bertz CT molecular complexity index is 1330. The average molecular weight is 455 g/mol. The summed E-state index contributed by atoms with van der Waals surface area (Å²) in [6.45, 7) is 5.37. The zero-order chi connectivity index (χ0) is 23.8. The van der Waals surface area contributed by atoms with Gasteiger partial charge in [0, 0.05) is 29.6 Å². The maximum absolute atomic E-state index is 13.1. The van der Waals surface area contributed by atoms with Crippen molar-refractivity contribution < 1.29 is 18.0 Å². The van der Waals surface area contributed by atoms with Crippen molar-refractivity contribution in [1.82, 2.24) is 24.6 Å². The van der Waals surface area contributed by atoms with E-state index in [2.05, 4.69) is 30.7 Å². The van der Waals surface area contributed by atoms with Crippen LogP contribution in [0.25, 0.3) is 17.0 Å². The fourth-order valence-electron chi connectivity index (χ4n) is 2.87. The van der Waals surface area contributed by atoms with Gasteiger partial charge in [-0.15, -0.1) is 5.10 Å². The highest BCUT2D eigenvalue weighted by molar-refractivity contribution is 5.94. The first kappa shape index (κ1) is 22.2. The largest absolute Gasteiger partial charge is 0.433 e. The van der Waals surface area contributed by atoms with Crippen LogP contribution in [-0.2, 0) is 11.0 Å². The topological polar surface area (TPSA) is 97.1 Å². The lowest BCUT2D eigenvalue weighted by molar-refractivity contribution is -0.141. The number of halogens is 3. The summed E-state index contributed by atoms with van der Waals surface area (Å²) in [5.74, 6) is 0.521. The number of aromatic nitrogens is 5. The van der Waals surface area contributed by atoms with E-state index >= 15 is 0 Å². The molecule has 0 spiro atoms. The molecule has 4 aromatic heterocycles. The molecule has 4 heterocycles. The lowest BCUT2D eigenvalue weighted by atomic mass is 9.96. The van der Waals surface area contributed by atoms with Gasteiger partial charge in [-0.25, -0.2) is 19.5 Å². The fourth-order valence-corrected chi connectivity index (χ4v) is 2.87. The quantitative estimate of drug-likeness (QED) is 0.453. The second kappa shape index (κ2) is 8.15. The summed E-state index contributed by atoms with van der Waals surface area (Å²) in [5, 5.41) is 10.2. The van der Waals surface area contributed by atoms with Crippen molar-refractivity contribution in [3.63, 3.8) is 0 Å². The Morgan fingerprint density at radius 2 is 1.82 bits per heavy atom. The van der Waals surface area contributed by atoms with Crippen LogP contribution < -0.4 is 10.6 Å². The molecule has 0 aromatic carbocycles. The predicted molar refractivity (Wildman–Crippen MR) is 117 cm³/mol. The number of nitrogens with zero attached hydrogens (tertiary/aromatic N) is 5. The standard InChI is InChI=1S/C22H20F3N7O/c1-21(2,3)20(33)29-17-12-13(9-10-26-17)27-19-15-7-5-11-32(15)31-18(30-19)14-6-4-8-16(28-14)22(23,24)25/h4-12H,1-3H3,(H2,26,27,29,30,31,33). The van der Waals surface area contributed by atoms with Crippen LogP contribution in [0, 0.1) is 5.41 Å². The van der Waals surface area contributed by atoms with Crippen LogP contribution in [0.15, 0.2) is 54.9 Å². The number of amides is 1. The third-order valence-corrected chi connectivity index (χ3v) is 4.61. The third-order valence-electron chi connectivity index (χ3n) is 4.61. The third kappa shape index (κ3) is 4.92. The van der Waals surface area contributed by atoms with Gasteiger partial charge < -0.3 is 10.6 Å². The number of hydrogen-bond acceptors (Lipinski definition) is 6. The first-order valence-electron chi connectivity index (χ1n) is 9.95. The van der Waals surface area contributed by atoms with E-state index in [9.17, 15) is 18.0 Å². The first-order valence-corrected chi connectivity index (χ1v) is 9.95. The molecule has 0 fully saturated rings. The number of nitrogens with one attached hydrogen (secondary N) is 2. The van der Waals surface area contributed by atoms with E-state index in [4.69, 9.17) is 0 Å². The van der Waals surface area contributed by atoms with Gasteiger partial charge in [0.05, 0.1) is 0 Å². The SMILES string of the molecule is CC(C)(C)C(=O)Nc1cc(Nc2nc(-c3cccc(C(F)(F)F)n3)nn3cccc23)ccn1. The van der Waals surface area contributed by atoms with E-state index < -0.39 is 17.3 Å². The van der Waals surface area contributed by atoms with Crippen LogP contribution in [-0.4, -0.2) is 30.5 Å². The maximum atomic E-state index is 13.1. The van der Waals surface area contributed by atoms with Crippen molar-refractivity contribution in [2.24, 2.45) is 5.41 Å². The highest BCUT2D eigenvalue weighted by atomic mass is 19.4. The van der Waals surface area contributed by atoms with Crippen LogP contribution in [0.4, 0.5) is 30.5 Å². The number of anilines is 3. The molecule has 0 saturated heterocycles. The minimum atomic E-state index is -4.58. The van der Waals surface area contributed by atoms with Crippen LogP contribution in [0.5, 0.6) is 0 Å². The van der Waals surface area contributed by atoms with Crippen molar-refractivity contribution in [3.05, 3.63) is 60.6 Å². The molecule has 170 valence electrons. The van der Waals surface area contributed by atoms with Gasteiger partial charge in [-0.05, 0) is 30.3 Å². The van der Waals surface area contributed by atoms with Crippen LogP contribution in [0.3, 0.4) is 0 Å². The molecule has 0 unspecified atom stereocenters. The zero-order valence-corrected chi connectivity index (χ0v) is 18.0. The molecular formula is C22H20F3N7O. The zero-order valence-electron chi connectivity index (χ0n) is 18.0. The van der Waals surface area contributed by atoms with Crippen molar-refractivity contribution >= 4 is 28.7 Å². The highest BCUT2D eigenvalue weighted by Gasteiger charge is 2.32. The van der Waals surface area contributed by atoms with Crippen molar-refractivity contribution in [2.45, 2.75) is 26.9 Å². The number of carbonyl (C=O) groups excluding carboxylic acids is 1. The molecular weight excluding hydrogens is 435 g/mol. The normalized spacial score (nSPS) is 12.1. The van der Waals surface area contributed by atoms with E-state index in [-0.39, 0.29) is 17.4 Å². The van der Waals surface area contributed by atoms with Gasteiger partial charge >= 0.3 is 6.18 Å². The maximum Gasteiger partial charge on any atom is 0.433 e. The van der Waals surface area contributed by atoms with Crippen molar-refractivity contribution in [1.29, 1.82) is 0 Å². The number of fused-ring (bicyclic) bond motifs is 1. The van der Waals surface area contributed by atoms with Gasteiger partial charge in [0.2, 0.25) is 11.7 Å². The molecule has 2 N–H and O–H groups in total. The summed E-state index contributed by atoms with van der Waals surface area (Å²) in [6.07, 6.45) is -1.41. The number of alkyl halides is 3. The summed E-state index contributed by atoms with van der Waals surface area (Å²) < 4.78 is 40.8. The molecule has 0 aliphatic carbocycles. The minimum absolute atomic E-state index is 0.0163. The second-order valence-electron chi connectivity index (χ2n) is 8.29. The number of hydrogen-bond donors (Lipinski definition) is 2. The fraction of sp³-hybridized carbons (Fsp3) is 0.227. The molecule has 0 bridgehead atoms. The molecule has 1 amide bonds. The van der Waals surface area contributed by atoms with Gasteiger partial charge in [-0.3, -0.25) is 4.79 Å². The van der Waals surface area contributed by atoms with Gasteiger partial charge in [0.1, 0.15) is 22.7 Å². The second-order valence-corrected chi connectivity index (χ2v) is 8.29. The Morgan fingerprint density at radius 1 is 1.03 bits per heavy atom. The summed E-state index contributed by atoms with van der Waals surface area (Å²) in [7, 11) is 0. The van der Waals surface area contributed by atoms with E-state index in [1.54, 1.807) is 51.2 Å². The molecule has 4 rings (SSSR count). The molecule has 8 nitrogen and oxygen atoms in total. The van der Waals surface area contributed by atoms with E-state index in [0.717, 1.165) is 6.07 Å². The molecule has 33 heavy (non-hydrogen) atoms. The molecule has 11 heteroatoms. The van der Waals surface area contributed by atoms with Gasteiger partial charge in [0.15, 0.2) is 5.82 Å². The highest BCUT2D eigenvalue weighted by Crippen LogP contribution is 2.30. The van der Waals surface area contributed by atoms with Crippen LogP contribution in [0.2, 0.25) is 0 Å². The summed E-state index contributed by atoms with van der Waals surface area (Å²) >= 11 is 0. The number of rotatable bonds is 4. The Labute approximate surface area is 186 Å². The Morgan fingerprint density at radius 3 is 2.55 bits per heavy atom. The van der Waals surface area contributed by atoms with Gasteiger partial charge in [-0.2, -0.15) is 13.2 Å². The van der Waals surface area contributed by atoms with E-state index in [0.29, 0.717) is 22.8 Å². The van der Waals surface area contributed by atoms with Gasteiger partial charge in [0.25, 0.3) is 0 Å². The molecule has 4 aromatic rings. The number of carbonyl (C=O) groups is 1. The lowest BCUT2D eigenvalue weighted by Gasteiger charge is -2.17. The predicted octanol–water partition coefficient (Wildman–Crippen LogP) is 4.93. The molecule has 0 saturated carbocycles. The summed E-state index contributed by atoms with van der Waals surface area (Å²) in [5.41, 5.74) is -0.472. The Balaban J connectivity index is 1.69. The van der Waals surface area contributed by atoms with Gasteiger partial charge in [-0.1, -0.05) is 26.8 Å². The molecule has 0 aliphatic heterocycles. The Kier molecular flexibility index (Phi) is 5.48. The molecule has 0 aliphatic rings. The average Bonchev–Trinajstić information content (AvgIpc) is 3.22. The monoisotopic (exact) mass is 455 g/mol. The first-order chi connectivity index (χ1) is 15.5. The van der Waals surface area contributed by atoms with Crippen LogP contribution >= 0.6 is 0 Å². The minimum Gasteiger partial charge on any atom is -0.338 e. The molecule has 0 atom stereocenters. The lowest BCUT2D eigenvalue weighted by Crippen LogP contribution is -2.28. The number of pyridine rings is 2. The summed E-state index contributed by atoms with van der Waals surface area (Å²) in [4.78, 5) is 24.5. The van der Waals surface area contributed by atoms with E-state index in [1.807, 2.05) is 0 Å². The summed E-state index contributed by atoms with van der Waals surface area (Å²) in [6, 6.07) is 10.4. The molecule has 0 radical (unpaired) electrons.